The van der Waals surface area contributed by atoms with E-state index in [0.717, 1.165) is 23.1 Å². The number of benzene rings is 1. The van der Waals surface area contributed by atoms with Crippen LogP contribution in [0.4, 0.5) is 5.69 Å². The van der Waals surface area contributed by atoms with Crippen LogP contribution in [0.25, 0.3) is 11.4 Å². The molecule has 0 unspecified atom stereocenters. The van der Waals surface area contributed by atoms with E-state index in [2.05, 4.69) is 53.4 Å². The molecule has 0 bridgehead atoms. The minimum Gasteiger partial charge on any atom is -0.302 e. The number of aromatic nitrogens is 5. The molecule has 0 amide bonds. The first-order valence-electron chi connectivity index (χ1n) is 8.32. The van der Waals surface area contributed by atoms with Crippen LogP contribution in [-0.2, 0) is 12.4 Å². The molecule has 26 heavy (non-hydrogen) atoms. The Balaban J connectivity index is 1.78. The molecule has 0 aliphatic carbocycles. The lowest BCUT2D eigenvalue weighted by atomic mass is 10.0. The van der Waals surface area contributed by atoms with Gasteiger partial charge in [-0.25, -0.2) is 0 Å². The molecule has 0 N–H and O–H groups in total. The summed E-state index contributed by atoms with van der Waals surface area (Å²) in [5.74, 6) is 1.73. The van der Waals surface area contributed by atoms with Gasteiger partial charge < -0.3 is 4.57 Å². The van der Waals surface area contributed by atoms with Crippen molar-refractivity contribution in [2.45, 2.75) is 44.3 Å². The fourth-order valence-corrected chi connectivity index (χ4v) is 3.41. The molecule has 0 fully saturated rings. The van der Waals surface area contributed by atoms with E-state index in [1.165, 1.54) is 34.4 Å². The van der Waals surface area contributed by atoms with E-state index in [4.69, 9.17) is 0 Å². The van der Waals surface area contributed by atoms with Gasteiger partial charge in [-0.15, -0.1) is 10.2 Å². The molecule has 3 rings (SSSR count). The van der Waals surface area contributed by atoms with E-state index in [9.17, 15) is 10.1 Å². The van der Waals surface area contributed by atoms with Crippen LogP contribution in [0.15, 0.2) is 41.8 Å². The molecular weight excluding hydrogens is 352 g/mol. The van der Waals surface area contributed by atoms with Crippen molar-refractivity contribution in [2.24, 2.45) is 0 Å². The summed E-state index contributed by atoms with van der Waals surface area (Å²) in [6, 6.07) is 8.36. The van der Waals surface area contributed by atoms with E-state index >= 15 is 0 Å². The molecule has 0 saturated heterocycles. The predicted molar refractivity (Wildman–Crippen MR) is 100.0 cm³/mol. The van der Waals surface area contributed by atoms with Crippen LogP contribution in [0.5, 0.6) is 0 Å². The van der Waals surface area contributed by atoms with E-state index in [0.29, 0.717) is 11.8 Å². The van der Waals surface area contributed by atoms with Crippen molar-refractivity contribution < 1.29 is 4.92 Å². The Morgan fingerprint density at radius 3 is 2.54 bits per heavy atom. The third-order valence-corrected chi connectivity index (χ3v) is 4.98. The first-order valence-corrected chi connectivity index (χ1v) is 9.31. The first kappa shape index (κ1) is 18.1. The fourth-order valence-electron chi connectivity index (χ4n) is 2.55. The Morgan fingerprint density at radius 1 is 1.23 bits per heavy atom. The van der Waals surface area contributed by atoms with Crippen LogP contribution >= 0.6 is 11.8 Å². The van der Waals surface area contributed by atoms with E-state index in [1.807, 2.05) is 11.5 Å². The highest BCUT2D eigenvalue weighted by molar-refractivity contribution is 7.98. The lowest BCUT2D eigenvalue weighted by Gasteiger charge is -2.09. The summed E-state index contributed by atoms with van der Waals surface area (Å²) in [4.78, 5) is 10.3. The Morgan fingerprint density at radius 2 is 1.96 bits per heavy atom. The molecule has 0 atom stereocenters. The van der Waals surface area contributed by atoms with Crippen molar-refractivity contribution in [3.8, 4) is 11.4 Å². The molecule has 0 spiro atoms. The van der Waals surface area contributed by atoms with Crippen molar-refractivity contribution in [1.29, 1.82) is 0 Å². The Labute approximate surface area is 155 Å². The van der Waals surface area contributed by atoms with Crippen molar-refractivity contribution in [3.05, 3.63) is 52.3 Å². The van der Waals surface area contributed by atoms with Gasteiger partial charge in [-0.05, 0) is 18.4 Å². The van der Waals surface area contributed by atoms with Crippen LogP contribution in [0, 0.1) is 10.1 Å². The Kier molecular flexibility index (Phi) is 5.36. The van der Waals surface area contributed by atoms with Crippen LogP contribution in [0.3, 0.4) is 0 Å². The standard InChI is InChI=1S/C17H20N6O2S/c1-4-22-16(14-7-5-13(6-8-14)12(2)3)19-20-17(22)26-11-21-10-15(9-18-21)23(24)25/h5-10,12H,4,11H2,1-3H3. The molecule has 1 aromatic carbocycles. The molecule has 2 heterocycles. The highest BCUT2D eigenvalue weighted by Gasteiger charge is 2.15. The molecule has 0 saturated carbocycles. The second-order valence-corrected chi connectivity index (χ2v) is 7.01. The van der Waals surface area contributed by atoms with Crippen molar-refractivity contribution in [2.75, 3.05) is 0 Å². The molecular formula is C17H20N6O2S. The summed E-state index contributed by atoms with van der Waals surface area (Å²) in [6.45, 7) is 7.10. The number of hydrogen-bond donors (Lipinski definition) is 0. The largest absolute Gasteiger partial charge is 0.307 e. The number of nitrogens with zero attached hydrogens (tertiary/aromatic N) is 6. The smallest absolute Gasteiger partial charge is 0.302 e. The molecule has 9 heteroatoms. The van der Waals surface area contributed by atoms with Gasteiger partial charge in [0, 0.05) is 12.1 Å². The summed E-state index contributed by atoms with van der Waals surface area (Å²) in [5, 5.41) is 24.1. The normalized spacial score (nSPS) is 11.2. The zero-order valence-electron chi connectivity index (χ0n) is 14.9. The molecule has 2 aromatic heterocycles. The minimum atomic E-state index is -0.457. The Hall–Kier alpha value is -2.68. The van der Waals surface area contributed by atoms with Crippen molar-refractivity contribution in [3.63, 3.8) is 0 Å². The van der Waals surface area contributed by atoms with E-state index in [-0.39, 0.29) is 5.69 Å². The molecule has 3 aromatic rings. The zero-order valence-corrected chi connectivity index (χ0v) is 15.7. The van der Waals surface area contributed by atoms with E-state index < -0.39 is 4.92 Å². The second kappa shape index (κ2) is 7.69. The van der Waals surface area contributed by atoms with Gasteiger partial charge in [0.1, 0.15) is 12.4 Å². The summed E-state index contributed by atoms with van der Waals surface area (Å²) >= 11 is 1.44. The van der Waals surface area contributed by atoms with Gasteiger partial charge in [-0.1, -0.05) is 49.9 Å². The summed E-state index contributed by atoms with van der Waals surface area (Å²) in [6.07, 6.45) is 2.65. The second-order valence-electron chi connectivity index (χ2n) is 6.10. The lowest BCUT2D eigenvalue weighted by Crippen LogP contribution is -2.02. The van der Waals surface area contributed by atoms with E-state index in [1.54, 1.807) is 0 Å². The van der Waals surface area contributed by atoms with Gasteiger partial charge in [0.25, 0.3) is 0 Å². The maximum atomic E-state index is 10.7. The number of rotatable bonds is 7. The average Bonchev–Trinajstić information content (AvgIpc) is 3.26. The third kappa shape index (κ3) is 3.77. The van der Waals surface area contributed by atoms with Gasteiger partial charge in [0.15, 0.2) is 11.0 Å². The van der Waals surface area contributed by atoms with Gasteiger partial charge in [-0.2, -0.15) is 5.10 Å². The molecule has 136 valence electrons. The summed E-state index contributed by atoms with van der Waals surface area (Å²) in [7, 11) is 0. The van der Waals surface area contributed by atoms with Crippen LogP contribution in [0.2, 0.25) is 0 Å². The van der Waals surface area contributed by atoms with Crippen LogP contribution < -0.4 is 0 Å². The van der Waals surface area contributed by atoms with Crippen molar-refractivity contribution >= 4 is 17.4 Å². The quantitative estimate of drug-likeness (QED) is 0.354. The molecule has 0 aliphatic rings. The Bertz CT molecular complexity index is 900. The lowest BCUT2D eigenvalue weighted by molar-refractivity contribution is -0.385. The maximum Gasteiger partial charge on any atom is 0.307 e. The highest BCUT2D eigenvalue weighted by atomic mass is 32.2. The van der Waals surface area contributed by atoms with Crippen molar-refractivity contribution in [1.82, 2.24) is 24.5 Å². The summed E-state index contributed by atoms with van der Waals surface area (Å²) < 4.78 is 3.56. The van der Waals surface area contributed by atoms with Crippen LogP contribution in [-0.4, -0.2) is 29.5 Å². The molecule has 0 aliphatic heterocycles. The monoisotopic (exact) mass is 372 g/mol. The fraction of sp³-hybridized carbons (Fsp3) is 0.353. The third-order valence-electron chi connectivity index (χ3n) is 4.02. The zero-order chi connectivity index (χ0) is 18.7. The van der Waals surface area contributed by atoms with Gasteiger partial charge in [-0.3, -0.25) is 14.8 Å². The molecule has 8 nitrogen and oxygen atoms in total. The van der Waals surface area contributed by atoms with Gasteiger partial charge in [0.2, 0.25) is 0 Å². The van der Waals surface area contributed by atoms with Gasteiger partial charge >= 0.3 is 5.69 Å². The average molecular weight is 372 g/mol. The van der Waals surface area contributed by atoms with Gasteiger partial charge in [0.05, 0.1) is 10.8 Å². The molecule has 0 radical (unpaired) electrons. The number of nitro groups is 1. The topological polar surface area (TPSA) is 91.7 Å². The number of thioether (sulfide) groups is 1. The predicted octanol–water partition coefficient (Wildman–Crippen LogP) is 3.94. The maximum absolute atomic E-state index is 10.7. The first-order chi connectivity index (χ1) is 12.5. The van der Waals surface area contributed by atoms with Crippen LogP contribution in [0.1, 0.15) is 32.3 Å². The minimum absolute atomic E-state index is 0.0199. The summed E-state index contributed by atoms with van der Waals surface area (Å²) in [5.41, 5.74) is 2.28. The SMILES string of the molecule is CCn1c(SCn2cc([N+](=O)[O-])cn2)nnc1-c1ccc(C(C)C)cc1. The number of hydrogen-bond acceptors (Lipinski definition) is 6. The highest BCUT2D eigenvalue weighted by Crippen LogP contribution is 2.26.